The number of amides is 2. The number of aliphatic hydroxyl groups excluding tert-OH is 1. The molecular formula is C16H24N2O3. The average molecular weight is 292 g/mol. The van der Waals surface area contributed by atoms with E-state index in [0.29, 0.717) is 13.1 Å². The highest BCUT2D eigenvalue weighted by Crippen LogP contribution is 2.25. The van der Waals surface area contributed by atoms with Crippen LogP contribution in [0.1, 0.15) is 38.2 Å². The summed E-state index contributed by atoms with van der Waals surface area (Å²) in [4.78, 5) is 14.1. The first kappa shape index (κ1) is 15.6. The summed E-state index contributed by atoms with van der Waals surface area (Å²) >= 11 is 0. The smallest absolute Gasteiger partial charge is 0.317 e. The number of urea groups is 1. The zero-order valence-electron chi connectivity index (χ0n) is 12.5. The third kappa shape index (κ3) is 4.36. The minimum atomic E-state index is -0.238. The summed E-state index contributed by atoms with van der Waals surface area (Å²) in [6.45, 7) is 2.96. The first-order valence-corrected chi connectivity index (χ1v) is 7.60. The highest BCUT2D eigenvalue weighted by atomic mass is 16.3. The molecule has 0 atom stereocenters. The van der Waals surface area contributed by atoms with Gasteiger partial charge in [0.05, 0.1) is 6.10 Å². The lowest BCUT2D eigenvalue weighted by Crippen LogP contribution is -2.47. The molecule has 0 bridgehead atoms. The zero-order valence-corrected chi connectivity index (χ0v) is 12.5. The summed E-state index contributed by atoms with van der Waals surface area (Å²) in [6.07, 6.45) is 2.87. The zero-order chi connectivity index (χ0) is 15.2. The SMILES string of the molecule is CCNC(=O)N(Cc1cccc(O)c1)C1CCC(O)CC1. The number of hydrogen-bond acceptors (Lipinski definition) is 3. The van der Waals surface area contributed by atoms with E-state index in [4.69, 9.17) is 0 Å². The molecule has 21 heavy (non-hydrogen) atoms. The summed E-state index contributed by atoms with van der Waals surface area (Å²) in [5, 5.41) is 22.0. The molecule has 0 aliphatic heterocycles. The van der Waals surface area contributed by atoms with Gasteiger partial charge >= 0.3 is 6.03 Å². The van der Waals surface area contributed by atoms with Crippen LogP contribution in [0.15, 0.2) is 24.3 Å². The lowest BCUT2D eigenvalue weighted by molar-refractivity contribution is 0.0819. The highest BCUT2D eigenvalue weighted by Gasteiger charge is 2.28. The predicted octanol–water partition coefficient (Wildman–Crippen LogP) is 2.23. The molecule has 2 rings (SSSR count). The molecule has 5 heteroatoms. The van der Waals surface area contributed by atoms with Crippen LogP contribution in [-0.4, -0.2) is 39.8 Å². The average Bonchev–Trinajstić information content (AvgIpc) is 2.46. The van der Waals surface area contributed by atoms with Gasteiger partial charge < -0.3 is 20.4 Å². The van der Waals surface area contributed by atoms with Crippen LogP contribution in [0.5, 0.6) is 5.75 Å². The second-order valence-electron chi connectivity index (χ2n) is 5.60. The molecule has 1 aliphatic rings. The minimum absolute atomic E-state index is 0.0813. The summed E-state index contributed by atoms with van der Waals surface area (Å²) in [5.74, 6) is 0.211. The molecule has 1 aromatic carbocycles. The van der Waals surface area contributed by atoms with Crippen LogP contribution >= 0.6 is 0 Å². The normalized spacial score (nSPS) is 21.8. The van der Waals surface area contributed by atoms with E-state index in [9.17, 15) is 15.0 Å². The number of hydrogen-bond donors (Lipinski definition) is 3. The van der Waals surface area contributed by atoms with Crippen LogP contribution in [0.4, 0.5) is 4.79 Å². The van der Waals surface area contributed by atoms with E-state index < -0.39 is 0 Å². The number of benzene rings is 1. The number of carbonyl (C=O) groups excluding carboxylic acids is 1. The van der Waals surface area contributed by atoms with Gasteiger partial charge in [-0.15, -0.1) is 0 Å². The molecule has 5 nitrogen and oxygen atoms in total. The topological polar surface area (TPSA) is 72.8 Å². The van der Waals surface area contributed by atoms with Crippen molar-refractivity contribution < 1.29 is 15.0 Å². The van der Waals surface area contributed by atoms with Gasteiger partial charge in [0.2, 0.25) is 0 Å². The molecular weight excluding hydrogens is 268 g/mol. The number of aromatic hydroxyl groups is 1. The molecule has 1 fully saturated rings. The fraction of sp³-hybridized carbons (Fsp3) is 0.562. The Labute approximate surface area is 125 Å². The van der Waals surface area contributed by atoms with Crippen molar-refractivity contribution in [1.29, 1.82) is 0 Å². The Morgan fingerprint density at radius 2 is 2.05 bits per heavy atom. The van der Waals surface area contributed by atoms with E-state index in [1.807, 2.05) is 17.9 Å². The lowest BCUT2D eigenvalue weighted by atomic mass is 9.92. The molecule has 1 aliphatic carbocycles. The van der Waals surface area contributed by atoms with Crippen molar-refractivity contribution in [3.05, 3.63) is 29.8 Å². The second-order valence-corrected chi connectivity index (χ2v) is 5.60. The number of phenolic OH excluding ortho intramolecular Hbond substituents is 1. The Morgan fingerprint density at radius 3 is 2.67 bits per heavy atom. The minimum Gasteiger partial charge on any atom is -0.508 e. The van der Waals surface area contributed by atoms with Crippen LogP contribution in [0.3, 0.4) is 0 Å². The van der Waals surface area contributed by atoms with Crippen molar-refractivity contribution in [2.75, 3.05) is 6.54 Å². The molecule has 2 amide bonds. The summed E-state index contributed by atoms with van der Waals surface area (Å²) < 4.78 is 0. The number of aliphatic hydroxyl groups is 1. The predicted molar refractivity (Wildman–Crippen MR) is 81.0 cm³/mol. The Bertz CT molecular complexity index is 470. The Balaban J connectivity index is 2.10. The standard InChI is InChI=1S/C16H24N2O3/c1-2-17-16(21)18(13-6-8-14(19)9-7-13)11-12-4-3-5-15(20)10-12/h3-5,10,13-14,19-20H,2,6-9,11H2,1H3,(H,17,21). The maximum atomic E-state index is 12.3. The van der Waals surface area contributed by atoms with Crippen molar-refractivity contribution in [1.82, 2.24) is 10.2 Å². The van der Waals surface area contributed by atoms with Gasteiger partial charge in [0.1, 0.15) is 5.75 Å². The molecule has 0 unspecified atom stereocenters. The van der Waals surface area contributed by atoms with Gasteiger partial charge in [-0.25, -0.2) is 4.79 Å². The Kier molecular flexibility index (Phi) is 5.44. The molecule has 0 radical (unpaired) electrons. The van der Waals surface area contributed by atoms with Gasteiger partial charge in [-0.3, -0.25) is 0 Å². The molecule has 0 spiro atoms. The van der Waals surface area contributed by atoms with Crippen molar-refractivity contribution in [3.8, 4) is 5.75 Å². The van der Waals surface area contributed by atoms with Crippen molar-refractivity contribution in [2.24, 2.45) is 0 Å². The van der Waals surface area contributed by atoms with Gasteiger partial charge in [0.25, 0.3) is 0 Å². The first-order chi connectivity index (χ1) is 10.1. The monoisotopic (exact) mass is 292 g/mol. The number of rotatable bonds is 4. The van der Waals surface area contributed by atoms with Crippen LogP contribution in [0.25, 0.3) is 0 Å². The third-order valence-electron chi connectivity index (χ3n) is 3.96. The summed E-state index contributed by atoms with van der Waals surface area (Å²) in [5.41, 5.74) is 0.910. The van der Waals surface area contributed by atoms with E-state index in [0.717, 1.165) is 31.2 Å². The molecule has 116 valence electrons. The second kappa shape index (κ2) is 7.31. The Morgan fingerprint density at radius 1 is 1.33 bits per heavy atom. The maximum Gasteiger partial charge on any atom is 0.317 e. The fourth-order valence-electron chi connectivity index (χ4n) is 2.84. The van der Waals surface area contributed by atoms with Crippen molar-refractivity contribution in [2.45, 2.75) is 51.3 Å². The van der Waals surface area contributed by atoms with E-state index in [2.05, 4.69) is 5.32 Å². The quantitative estimate of drug-likeness (QED) is 0.797. The van der Waals surface area contributed by atoms with Crippen LogP contribution < -0.4 is 5.32 Å². The highest BCUT2D eigenvalue weighted by molar-refractivity contribution is 5.74. The summed E-state index contributed by atoms with van der Waals surface area (Å²) in [7, 11) is 0. The van der Waals surface area contributed by atoms with Crippen LogP contribution in [0.2, 0.25) is 0 Å². The van der Waals surface area contributed by atoms with Gasteiger partial charge in [-0.2, -0.15) is 0 Å². The number of nitrogens with one attached hydrogen (secondary N) is 1. The number of phenols is 1. The van der Waals surface area contributed by atoms with E-state index in [1.54, 1.807) is 18.2 Å². The molecule has 0 heterocycles. The van der Waals surface area contributed by atoms with Gasteiger partial charge in [0.15, 0.2) is 0 Å². The van der Waals surface area contributed by atoms with E-state index in [-0.39, 0.29) is 23.9 Å². The van der Waals surface area contributed by atoms with Crippen molar-refractivity contribution in [3.63, 3.8) is 0 Å². The lowest BCUT2D eigenvalue weighted by Gasteiger charge is -2.35. The van der Waals surface area contributed by atoms with Crippen LogP contribution in [-0.2, 0) is 6.54 Å². The van der Waals surface area contributed by atoms with Gasteiger partial charge in [-0.1, -0.05) is 12.1 Å². The maximum absolute atomic E-state index is 12.3. The molecule has 0 aromatic heterocycles. The molecule has 0 saturated heterocycles. The first-order valence-electron chi connectivity index (χ1n) is 7.60. The number of nitrogens with zero attached hydrogens (tertiary/aromatic N) is 1. The molecule has 1 saturated carbocycles. The van der Waals surface area contributed by atoms with Crippen LogP contribution in [0, 0.1) is 0 Å². The Hall–Kier alpha value is -1.75. The molecule has 1 aromatic rings. The van der Waals surface area contributed by atoms with Gasteiger partial charge in [0, 0.05) is 19.1 Å². The van der Waals surface area contributed by atoms with E-state index >= 15 is 0 Å². The van der Waals surface area contributed by atoms with Crippen molar-refractivity contribution >= 4 is 6.03 Å². The van der Waals surface area contributed by atoms with E-state index in [1.165, 1.54) is 0 Å². The third-order valence-corrected chi connectivity index (χ3v) is 3.96. The summed E-state index contributed by atoms with van der Waals surface area (Å²) in [6, 6.07) is 7.06. The van der Waals surface area contributed by atoms with Gasteiger partial charge in [-0.05, 0) is 50.3 Å². The molecule has 3 N–H and O–H groups in total. The number of carbonyl (C=O) groups is 1. The largest absolute Gasteiger partial charge is 0.508 e. The fourth-order valence-corrected chi connectivity index (χ4v) is 2.84.